The minimum absolute atomic E-state index is 0.0626. The van der Waals surface area contributed by atoms with E-state index >= 15 is 0 Å². The number of aliphatic hydroxyl groups excluding tert-OH is 1. The fourth-order valence-electron chi connectivity index (χ4n) is 5.84. The number of aliphatic hydroxyl groups is 1. The van der Waals surface area contributed by atoms with Crippen molar-refractivity contribution >= 4 is 58.0 Å². The topological polar surface area (TPSA) is 188 Å². The summed E-state index contributed by atoms with van der Waals surface area (Å²) in [5, 5.41) is 33.0. The maximum atomic E-state index is 13.0. The third-order valence-electron chi connectivity index (χ3n) is 8.60. The van der Waals surface area contributed by atoms with Crippen molar-refractivity contribution in [3.05, 3.63) is 107 Å². The number of aromatic nitrogens is 1. The van der Waals surface area contributed by atoms with Crippen LogP contribution in [0.2, 0.25) is 0 Å². The van der Waals surface area contributed by atoms with Crippen molar-refractivity contribution in [3.8, 4) is 11.5 Å². The van der Waals surface area contributed by atoms with Crippen molar-refractivity contribution in [3.63, 3.8) is 0 Å². The molecular formula is C40H44N6O6S. The molecule has 0 radical (unpaired) electrons. The molecule has 5 aromatic rings. The van der Waals surface area contributed by atoms with E-state index in [1.807, 2.05) is 61.5 Å². The summed E-state index contributed by atoms with van der Waals surface area (Å²) in [4.78, 5) is 42.5. The zero-order valence-electron chi connectivity index (χ0n) is 29.6. The Balaban J connectivity index is 1.11. The average Bonchev–Trinajstić information content (AvgIpc) is 3.15. The SMILES string of the molecule is COc1cccc(Nc2c(C(N)=O)cnc3c(C)cc(Sc4cccc(C(=O)NCCCCCCNC[C@H](O)c5ccc(O)c(NC=O)c5)c4)cc23)c1. The van der Waals surface area contributed by atoms with Crippen molar-refractivity contribution < 1.29 is 29.3 Å². The molecule has 0 fully saturated rings. The van der Waals surface area contributed by atoms with E-state index in [0.717, 1.165) is 64.2 Å². The fraction of sp³-hybridized carbons (Fsp3) is 0.250. The third kappa shape index (κ3) is 10.5. The largest absolute Gasteiger partial charge is 0.506 e. The van der Waals surface area contributed by atoms with Crippen LogP contribution in [-0.2, 0) is 4.79 Å². The standard InChI is InChI=1S/C40H44N6O6S/c1-25-17-31(21-32-37(25)44-22-33(39(41)50)38(32)46-28-10-8-11-29(20-28)52-2)53-30-12-7-9-27(18-30)40(51)43-16-6-4-3-5-15-42-23-36(49)26-13-14-35(48)34(19-26)45-24-47/h7-14,17-22,24,36,42,48-49H,3-6,15-16,23H2,1-2H3,(H2,41,50)(H,43,51)(H,44,46)(H,45,47)/t36-/m0/s1. The number of nitrogens with one attached hydrogen (secondary N) is 4. The van der Waals surface area contributed by atoms with Gasteiger partial charge in [0.15, 0.2) is 0 Å². The number of aromatic hydroxyl groups is 1. The predicted octanol–water partition coefficient (Wildman–Crippen LogP) is 6.43. The first-order valence-electron chi connectivity index (χ1n) is 17.3. The van der Waals surface area contributed by atoms with E-state index in [1.165, 1.54) is 24.0 Å². The molecule has 4 aromatic carbocycles. The zero-order valence-corrected chi connectivity index (χ0v) is 30.5. The molecule has 0 unspecified atom stereocenters. The smallest absolute Gasteiger partial charge is 0.252 e. The molecule has 0 spiro atoms. The molecule has 12 nitrogen and oxygen atoms in total. The van der Waals surface area contributed by atoms with Gasteiger partial charge in [-0.3, -0.25) is 19.4 Å². The number of phenolic OH excluding ortho intramolecular Hbond substituents is 1. The van der Waals surface area contributed by atoms with E-state index in [0.29, 0.717) is 42.1 Å². The van der Waals surface area contributed by atoms with Crippen LogP contribution < -0.4 is 31.7 Å². The van der Waals surface area contributed by atoms with Gasteiger partial charge in [0.05, 0.1) is 35.7 Å². The maximum Gasteiger partial charge on any atom is 0.252 e. The van der Waals surface area contributed by atoms with Crippen LogP contribution in [0.25, 0.3) is 10.9 Å². The number of anilines is 3. The van der Waals surface area contributed by atoms with Gasteiger partial charge in [-0.2, -0.15) is 0 Å². The Morgan fingerprint density at radius 1 is 0.962 bits per heavy atom. The molecule has 0 aliphatic rings. The Labute approximate surface area is 312 Å². The van der Waals surface area contributed by atoms with Gasteiger partial charge in [-0.05, 0) is 92.0 Å². The summed E-state index contributed by atoms with van der Waals surface area (Å²) >= 11 is 1.51. The molecule has 0 saturated heterocycles. The lowest BCUT2D eigenvalue weighted by Crippen LogP contribution is -2.24. The number of nitrogens with zero attached hydrogens (tertiary/aromatic N) is 1. The summed E-state index contributed by atoms with van der Waals surface area (Å²) in [6, 6.07) is 23.5. The molecular weight excluding hydrogens is 693 g/mol. The fourth-order valence-corrected chi connectivity index (χ4v) is 6.86. The van der Waals surface area contributed by atoms with Crippen molar-refractivity contribution in [2.24, 2.45) is 5.73 Å². The maximum absolute atomic E-state index is 13.0. The quantitative estimate of drug-likeness (QED) is 0.0283. The number of methoxy groups -OCH3 is 1. The van der Waals surface area contributed by atoms with Gasteiger partial charge in [-0.15, -0.1) is 0 Å². The van der Waals surface area contributed by atoms with Crippen LogP contribution >= 0.6 is 11.8 Å². The van der Waals surface area contributed by atoms with E-state index in [9.17, 15) is 24.6 Å². The van der Waals surface area contributed by atoms with Crippen LogP contribution in [0.4, 0.5) is 17.1 Å². The number of primary amides is 1. The number of carbonyl (C=O) groups is 3. The molecule has 8 N–H and O–H groups in total. The van der Waals surface area contributed by atoms with Gasteiger partial charge in [0.1, 0.15) is 11.5 Å². The normalized spacial score (nSPS) is 11.5. The summed E-state index contributed by atoms with van der Waals surface area (Å²) < 4.78 is 5.37. The number of fused-ring (bicyclic) bond motifs is 1. The van der Waals surface area contributed by atoms with Gasteiger partial charge in [-0.25, -0.2) is 0 Å². The second-order valence-corrected chi connectivity index (χ2v) is 13.6. The molecule has 0 saturated carbocycles. The van der Waals surface area contributed by atoms with E-state index in [4.69, 9.17) is 10.5 Å². The highest BCUT2D eigenvalue weighted by atomic mass is 32.2. The highest BCUT2D eigenvalue weighted by Crippen LogP contribution is 2.37. The van der Waals surface area contributed by atoms with Gasteiger partial charge in [0.2, 0.25) is 6.41 Å². The predicted molar refractivity (Wildman–Crippen MR) is 208 cm³/mol. The minimum atomic E-state index is -0.777. The molecule has 0 aliphatic heterocycles. The monoisotopic (exact) mass is 736 g/mol. The number of phenols is 1. The molecule has 276 valence electrons. The first-order valence-corrected chi connectivity index (χ1v) is 18.1. The van der Waals surface area contributed by atoms with Crippen LogP contribution in [0.5, 0.6) is 11.5 Å². The van der Waals surface area contributed by atoms with Gasteiger partial charge in [0, 0.05) is 51.8 Å². The Kier molecular flexibility index (Phi) is 13.6. The van der Waals surface area contributed by atoms with Gasteiger partial charge < -0.3 is 42.0 Å². The summed E-state index contributed by atoms with van der Waals surface area (Å²) in [7, 11) is 1.59. The van der Waals surface area contributed by atoms with Gasteiger partial charge in [-0.1, -0.05) is 42.8 Å². The number of rotatable bonds is 19. The van der Waals surface area contributed by atoms with Crippen molar-refractivity contribution in [2.75, 3.05) is 37.4 Å². The summed E-state index contributed by atoms with van der Waals surface area (Å²) in [5.74, 6) is -0.130. The van der Waals surface area contributed by atoms with Crippen LogP contribution in [-0.4, -0.2) is 60.2 Å². The number of nitrogens with two attached hydrogens (primary N) is 1. The Bertz CT molecular complexity index is 2080. The van der Waals surface area contributed by atoms with Crippen LogP contribution in [0.15, 0.2) is 94.9 Å². The Morgan fingerprint density at radius 3 is 2.53 bits per heavy atom. The third-order valence-corrected chi connectivity index (χ3v) is 9.56. The number of amides is 3. The average molecular weight is 737 g/mol. The van der Waals surface area contributed by atoms with Crippen LogP contribution in [0.1, 0.15) is 63.6 Å². The zero-order chi connectivity index (χ0) is 37.7. The van der Waals surface area contributed by atoms with Gasteiger partial charge in [0.25, 0.3) is 11.8 Å². The summed E-state index contributed by atoms with van der Waals surface area (Å²) in [6.45, 7) is 3.59. The second-order valence-electron chi connectivity index (χ2n) is 12.5. The molecule has 1 heterocycles. The highest BCUT2D eigenvalue weighted by Gasteiger charge is 2.17. The van der Waals surface area contributed by atoms with E-state index in [1.54, 1.807) is 25.3 Å². The second kappa shape index (κ2) is 18.7. The lowest BCUT2D eigenvalue weighted by molar-refractivity contribution is -0.105. The lowest BCUT2D eigenvalue weighted by Gasteiger charge is -2.16. The number of hydrogen-bond donors (Lipinski definition) is 7. The Hall–Kier alpha value is -5.63. The lowest BCUT2D eigenvalue weighted by atomic mass is 10.1. The summed E-state index contributed by atoms with van der Waals surface area (Å²) in [5.41, 5.74) is 10.4. The van der Waals surface area contributed by atoms with E-state index in [2.05, 4.69) is 26.3 Å². The number of benzene rings is 4. The first kappa shape index (κ1) is 38.6. The highest BCUT2D eigenvalue weighted by molar-refractivity contribution is 7.99. The molecule has 0 aliphatic carbocycles. The number of carbonyl (C=O) groups excluding carboxylic acids is 3. The van der Waals surface area contributed by atoms with Gasteiger partial charge >= 0.3 is 0 Å². The molecule has 0 bridgehead atoms. The molecule has 53 heavy (non-hydrogen) atoms. The molecule has 13 heteroatoms. The molecule has 1 atom stereocenters. The molecule has 3 amide bonds. The molecule has 5 rings (SSSR count). The summed E-state index contributed by atoms with van der Waals surface area (Å²) in [6.07, 6.45) is 4.86. The number of aryl methyl sites for hydroxylation is 1. The van der Waals surface area contributed by atoms with Crippen molar-refractivity contribution in [1.82, 2.24) is 15.6 Å². The van der Waals surface area contributed by atoms with Crippen LogP contribution in [0.3, 0.4) is 0 Å². The minimum Gasteiger partial charge on any atom is -0.506 e. The molecule has 1 aromatic heterocycles. The van der Waals surface area contributed by atoms with Crippen LogP contribution in [0, 0.1) is 6.92 Å². The first-order chi connectivity index (χ1) is 25.7. The Morgan fingerprint density at radius 2 is 1.75 bits per heavy atom. The van der Waals surface area contributed by atoms with Crippen molar-refractivity contribution in [2.45, 2.75) is 48.5 Å². The van der Waals surface area contributed by atoms with Crippen molar-refractivity contribution in [1.29, 1.82) is 0 Å². The number of pyridine rings is 1. The number of hydrogen-bond acceptors (Lipinski definition) is 10. The number of unbranched alkanes of at least 4 members (excludes halogenated alkanes) is 3. The number of ether oxygens (including phenoxy) is 1. The van der Waals surface area contributed by atoms with E-state index < -0.39 is 12.0 Å². The van der Waals surface area contributed by atoms with E-state index in [-0.39, 0.29) is 22.9 Å².